The number of hydrogen-bond donors (Lipinski definition) is 0. The number of hydrogen-bond acceptors (Lipinski definition) is 2. The summed E-state index contributed by atoms with van der Waals surface area (Å²) in [6, 6.07) is 9.38. The second-order valence-corrected chi connectivity index (χ2v) is 5.35. The van der Waals surface area contributed by atoms with E-state index in [0.717, 1.165) is 11.1 Å². The number of carbonyl (C=O) groups excluding carboxylic acids is 1. The number of pyridine rings is 1. The van der Waals surface area contributed by atoms with Gasteiger partial charge in [0, 0.05) is 16.8 Å². The molecule has 0 spiro atoms. The van der Waals surface area contributed by atoms with Crippen LogP contribution in [-0.4, -0.2) is 10.2 Å². The van der Waals surface area contributed by atoms with E-state index in [1.807, 2.05) is 24.3 Å². The third kappa shape index (κ3) is 3.14. The average Bonchev–Trinajstić information content (AvgIpc) is 2.39. The van der Waals surface area contributed by atoms with Crippen LogP contribution in [0.2, 0.25) is 5.02 Å². The second kappa shape index (κ2) is 5.72. The van der Waals surface area contributed by atoms with Crippen molar-refractivity contribution in [2.24, 2.45) is 0 Å². The van der Waals surface area contributed by atoms with Crippen molar-refractivity contribution >= 4 is 28.4 Å². The molecule has 19 heavy (non-hydrogen) atoms. The van der Waals surface area contributed by atoms with Crippen molar-refractivity contribution < 1.29 is 4.79 Å². The van der Waals surface area contributed by atoms with Gasteiger partial charge in [-0.25, -0.2) is 0 Å². The van der Waals surface area contributed by atoms with E-state index in [-0.39, 0.29) is 5.69 Å². The first-order chi connectivity index (χ1) is 8.99. The van der Waals surface area contributed by atoms with Gasteiger partial charge in [0.1, 0.15) is 5.69 Å². The van der Waals surface area contributed by atoms with E-state index >= 15 is 0 Å². The van der Waals surface area contributed by atoms with Gasteiger partial charge in [0.05, 0.1) is 0 Å². The summed E-state index contributed by atoms with van der Waals surface area (Å²) in [5.41, 5.74) is 3.14. The lowest BCUT2D eigenvalue weighted by Crippen LogP contribution is -1.95. The highest BCUT2D eigenvalue weighted by Crippen LogP contribution is 2.31. The molecule has 0 aliphatic rings. The molecule has 1 heterocycles. The summed E-state index contributed by atoms with van der Waals surface area (Å²) in [4.78, 5) is 15.1. The summed E-state index contributed by atoms with van der Waals surface area (Å²) in [7, 11) is 0. The standard InChI is InChI=1S/C15H13Cl2NO/c1-9(2)10-3-4-13(16)12(7-10)11-5-6-18-14(8-11)15(17)19/h3-9H,1-2H3. The number of aromatic nitrogens is 1. The smallest absolute Gasteiger partial charge is 0.270 e. The monoisotopic (exact) mass is 293 g/mol. The predicted octanol–water partition coefficient (Wildman–Crippen LogP) is 4.90. The zero-order chi connectivity index (χ0) is 14.0. The Morgan fingerprint density at radius 3 is 2.58 bits per heavy atom. The third-order valence-corrected chi connectivity index (χ3v) is 3.45. The molecule has 98 valence electrons. The highest BCUT2D eigenvalue weighted by atomic mass is 35.5. The number of benzene rings is 1. The van der Waals surface area contributed by atoms with Crippen molar-refractivity contribution in [1.29, 1.82) is 0 Å². The van der Waals surface area contributed by atoms with Crippen molar-refractivity contribution in [3.63, 3.8) is 0 Å². The molecule has 0 amide bonds. The van der Waals surface area contributed by atoms with Gasteiger partial charge in [0.15, 0.2) is 0 Å². The van der Waals surface area contributed by atoms with Crippen LogP contribution in [0.1, 0.15) is 35.8 Å². The molecule has 0 unspecified atom stereocenters. The molecule has 2 rings (SSSR count). The van der Waals surface area contributed by atoms with E-state index in [0.29, 0.717) is 10.9 Å². The van der Waals surface area contributed by atoms with E-state index < -0.39 is 5.24 Å². The van der Waals surface area contributed by atoms with Crippen LogP contribution in [0.25, 0.3) is 11.1 Å². The highest BCUT2D eigenvalue weighted by Gasteiger charge is 2.10. The molecule has 1 aromatic carbocycles. The van der Waals surface area contributed by atoms with E-state index in [4.69, 9.17) is 23.2 Å². The lowest BCUT2D eigenvalue weighted by molar-refractivity contribution is 0.107. The molecule has 2 nitrogen and oxygen atoms in total. The predicted molar refractivity (Wildman–Crippen MR) is 79.0 cm³/mol. The minimum atomic E-state index is -0.571. The van der Waals surface area contributed by atoms with E-state index in [1.165, 1.54) is 5.56 Å². The van der Waals surface area contributed by atoms with Crippen LogP contribution < -0.4 is 0 Å². The maximum atomic E-state index is 11.2. The second-order valence-electron chi connectivity index (χ2n) is 4.60. The molecule has 0 fully saturated rings. The van der Waals surface area contributed by atoms with Gasteiger partial charge in [-0.2, -0.15) is 0 Å². The molecule has 0 saturated carbocycles. The third-order valence-electron chi connectivity index (χ3n) is 2.93. The van der Waals surface area contributed by atoms with Crippen molar-refractivity contribution in [1.82, 2.24) is 4.98 Å². The molecular formula is C15H13Cl2NO. The summed E-state index contributed by atoms with van der Waals surface area (Å²) in [6.07, 6.45) is 1.56. The first-order valence-electron chi connectivity index (χ1n) is 5.94. The van der Waals surface area contributed by atoms with Crippen molar-refractivity contribution in [3.8, 4) is 11.1 Å². The van der Waals surface area contributed by atoms with Crippen LogP contribution in [-0.2, 0) is 0 Å². The van der Waals surface area contributed by atoms with E-state index in [1.54, 1.807) is 12.3 Å². The molecule has 0 saturated heterocycles. The number of nitrogens with zero attached hydrogens (tertiary/aromatic N) is 1. The van der Waals surface area contributed by atoms with E-state index in [9.17, 15) is 4.79 Å². The SMILES string of the molecule is CC(C)c1ccc(Cl)c(-c2ccnc(C(=O)Cl)c2)c1. The van der Waals surface area contributed by atoms with Crippen LogP contribution in [0.4, 0.5) is 0 Å². The Morgan fingerprint density at radius 1 is 1.21 bits per heavy atom. The minimum Gasteiger partial charge on any atom is -0.274 e. The Bertz CT molecular complexity index is 623. The maximum Gasteiger partial charge on any atom is 0.270 e. The Hall–Kier alpha value is -1.38. The van der Waals surface area contributed by atoms with Gasteiger partial charge >= 0.3 is 0 Å². The Morgan fingerprint density at radius 2 is 1.95 bits per heavy atom. The van der Waals surface area contributed by atoms with Gasteiger partial charge in [0.25, 0.3) is 5.24 Å². The number of rotatable bonds is 3. The zero-order valence-corrected chi connectivity index (χ0v) is 12.2. The van der Waals surface area contributed by atoms with Crippen LogP contribution >= 0.6 is 23.2 Å². The lowest BCUT2D eigenvalue weighted by atomic mass is 9.97. The van der Waals surface area contributed by atoms with Crippen LogP contribution in [0.5, 0.6) is 0 Å². The summed E-state index contributed by atoms with van der Waals surface area (Å²) >= 11 is 11.7. The molecule has 0 bridgehead atoms. The van der Waals surface area contributed by atoms with Gasteiger partial charge < -0.3 is 0 Å². The van der Waals surface area contributed by atoms with Gasteiger partial charge in [-0.1, -0.05) is 31.5 Å². The molecule has 1 aromatic heterocycles. The van der Waals surface area contributed by atoms with Crippen molar-refractivity contribution in [2.75, 3.05) is 0 Å². The van der Waals surface area contributed by atoms with Gasteiger partial charge in [-0.3, -0.25) is 9.78 Å². The molecule has 4 heteroatoms. The maximum absolute atomic E-state index is 11.2. The molecule has 0 aliphatic heterocycles. The largest absolute Gasteiger partial charge is 0.274 e. The summed E-state index contributed by atoms with van der Waals surface area (Å²) < 4.78 is 0. The first-order valence-corrected chi connectivity index (χ1v) is 6.70. The lowest BCUT2D eigenvalue weighted by Gasteiger charge is -2.10. The van der Waals surface area contributed by atoms with Gasteiger partial charge in [-0.15, -0.1) is 0 Å². The zero-order valence-electron chi connectivity index (χ0n) is 10.7. The summed E-state index contributed by atoms with van der Waals surface area (Å²) in [5.74, 6) is 0.409. The summed E-state index contributed by atoms with van der Waals surface area (Å²) in [5, 5.41) is 0.0709. The van der Waals surface area contributed by atoms with Crippen molar-refractivity contribution in [2.45, 2.75) is 19.8 Å². The minimum absolute atomic E-state index is 0.227. The highest BCUT2D eigenvalue weighted by molar-refractivity contribution is 6.67. The fourth-order valence-electron chi connectivity index (χ4n) is 1.83. The molecule has 2 aromatic rings. The fourth-order valence-corrected chi connectivity index (χ4v) is 2.16. The Balaban J connectivity index is 2.54. The first kappa shape index (κ1) is 14.0. The molecular weight excluding hydrogens is 281 g/mol. The Kier molecular flexibility index (Phi) is 4.23. The quantitative estimate of drug-likeness (QED) is 0.753. The molecule has 0 radical (unpaired) electrons. The van der Waals surface area contributed by atoms with Crippen LogP contribution in [0.3, 0.4) is 0 Å². The van der Waals surface area contributed by atoms with Gasteiger partial charge in [-0.05, 0) is 52.9 Å². The van der Waals surface area contributed by atoms with Gasteiger partial charge in [0.2, 0.25) is 0 Å². The van der Waals surface area contributed by atoms with E-state index in [2.05, 4.69) is 18.8 Å². The number of halogens is 2. The topological polar surface area (TPSA) is 30.0 Å². The average molecular weight is 294 g/mol. The van der Waals surface area contributed by atoms with Crippen molar-refractivity contribution in [3.05, 3.63) is 52.8 Å². The van der Waals surface area contributed by atoms with Crippen LogP contribution in [0.15, 0.2) is 36.5 Å². The fraction of sp³-hybridized carbons (Fsp3) is 0.200. The summed E-state index contributed by atoms with van der Waals surface area (Å²) in [6.45, 7) is 4.24. The Labute approximate surface area is 122 Å². The molecule has 0 atom stereocenters. The molecule has 0 N–H and O–H groups in total. The normalized spacial score (nSPS) is 10.8. The number of carbonyl (C=O) groups is 1. The molecule has 0 aliphatic carbocycles. The van der Waals surface area contributed by atoms with Crippen LogP contribution in [0, 0.1) is 0 Å².